The van der Waals surface area contributed by atoms with E-state index >= 15 is 0 Å². The Bertz CT molecular complexity index is 673. The molecule has 19 heavy (non-hydrogen) atoms. The van der Waals surface area contributed by atoms with E-state index in [2.05, 4.69) is 9.97 Å². The smallest absolute Gasteiger partial charge is 0.337 e. The predicted octanol–water partition coefficient (Wildman–Crippen LogP) is 1.54. The number of hydrogen-bond donors (Lipinski definition) is 1. The summed E-state index contributed by atoms with van der Waals surface area (Å²) in [6, 6.07) is 5.35. The zero-order valence-corrected chi connectivity index (χ0v) is 9.39. The Labute approximate surface area is 106 Å². The Kier molecular flexibility index (Phi) is 3.02. The molecule has 1 heterocycles. The highest BCUT2D eigenvalue weighted by atomic mass is 16.6. The number of nitrogens with zero attached hydrogens (tertiary/aromatic N) is 4. The van der Waals surface area contributed by atoms with E-state index in [1.165, 1.54) is 24.3 Å². The molecule has 2 N–H and O–H groups in total. The van der Waals surface area contributed by atoms with Gasteiger partial charge in [-0.3, -0.25) is 20.2 Å². The molecular weight excluding hydrogens is 254 g/mol. The lowest BCUT2D eigenvalue weighted by Crippen LogP contribution is -2.02. The molecule has 9 heteroatoms. The van der Waals surface area contributed by atoms with Crippen molar-refractivity contribution in [3.8, 4) is 11.3 Å². The number of nitrogens with two attached hydrogens (primary N) is 1. The summed E-state index contributed by atoms with van der Waals surface area (Å²) < 4.78 is 0. The van der Waals surface area contributed by atoms with Crippen molar-refractivity contribution in [1.82, 2.24) is 9.97 Å². The summed E-state index contributed by atoms with van der Waals surface area (Å²) in [7, 11) is 0. The van der Waals surface area contributed by atoms with Crippen LogP contribution in [0, 0.1) is 20.2 Å². The number of anilines is 1. The van der Waals surface area contributed by atoms with Crippen LogP contribution in [0.1, 0.15) is 0 Å². The second kappa shape index (κ2) is 4.64. The number of benzene rings is 1. The summed E-state index contributed by atoms with van der Waals surface area (Å²) in [5.41, 5.74) is 4.95. The zero-order chi connectivity index (χ0) is 14.0. The zero-order valence-electron chi connectivity index (χ0n) is 9.39. The van der Waals surface area contributed by atoms with Gasteiger partial charge in [0.05, 0.1) is 9.85 Å². The first kappa shape index (κ1) is 12.4. The van der Waals surface area contributed by atoms with E-state index in [1.54, 1.807) is 0 Å². The molecule has 0 aliphatic rings. The van der Waals surface area contributed by atoms with E-state index < -0.39 is 15.5 Å². The van der Waals surface area contributed by atoms with Crippen molar-refractivity contribution < 1.29 is 9.85 Å². The molecule has 9 nitrogen and oxygen atoms in total. The lowest BCUT2D eigenvalue weighted by atomic mass is 10.1. The number of aromatic nitrogens is 2. The highest BCUT2D eigenvalue weighted by Crippen LogP contribution is 2.32. The maximum absolute atomic E-state index is 10.9. The van der Waals surface area contributed by atoms with E-state index in [9.17, 15) is 20.2 Å². The van der Waals surface area contributed by atoms with E-state index in [1.807, 2.05) is 0 Å². The Morgan fingerprint density at radius 2 is 1.84 bits per heavy atom. The number of hydrogen-bond acceptors (Lipinski definition) is 7. The molecule has 0 saturated carbocycles. The van der Waals surface area contributed by atoms with Crippen molar-refractivity contribution in [2.45, 2.75) is 0 Å². The molecular formula is C10H7N5O4. The van der Waals surface area contributed by atoms with Crippen molar-refractivity contribution >= 4 is 17.2 Å². The van der Waals surface area contributed by atoms with Crippen LogP contribution in [0.4, 0.5) is 17.2 Å². The van der Waals surface area contributed by atoms with Gasteiger partial charge in [0, 0.05) is 17.7 Å². The van der Waals surface area contributed by atoms with Gasteiger partial charge in [-0.2, -0.15) is 0 Å². The van der Waals surface area contributed by atoms with E-state index in [4.69, 9.17) is 5.73 Å². The normalized spacial score (nSPS) is 10.1. The Hall–Kier alpha value is -3.10. The molecule has 0 amide bonds. The topological polar surface area (TPSA) is 138 Å². The average Bonchev–Trinajstić information content (AvgIpc) is 2.38. The van der Waals surface area contributed by atoms with Crippen molar-refractivity contribution in [1.29, 1.82) is 0 Å². The van der Waals surface area contributed by atoms with Crippen LogP contribution in [0.25, 0.3) is 11.3 Å². The minimum Gasteiger partial charge on any atom is -0.378 e. The second-order valence-corrected chi connectivity index (χ2v) is 3.52. The van der Waals surface area contributed by atoms with Gasteiger partial charge in [-0.15, -0.1) is 0 Å². The van der Waals surface area contributed by atoms with E-state index in [0.29, 0.717) is 0 Å². The van der Waals surface area contributed by atoms with Crippen LogP contribution in [0.2, 0.25) is 0 Å². The number of nitro benzene ring substituents is 1. The molecule has 2 rings (SSSR count). The summed E-state index contributed by atoms with van der Waals surface area (Å²) in [4.78, 5) is 27.6. The minimum absolute atomic E-state index is 0.0544. The van der Waals surface area contributed by atoms with Crippen LogP contribution in [0.15, 0.2) is 30.6 Å². The highest BCUT2D eigenvalue weighted by molar-refractivity contribution is 5.76. The standard InChI is InChI=1S/C10H7N5O4/c11-10-9(15(18)19)8(12-5-13-10)6-2-1-3-7(4-6)14(16)17/h1-5H,(H2,11,12,13). The molecule has 0 unspecified atom stereocenters. The molecule has 1 aromatic carbocycles. The van der Waals surface area contributed by atoms with Crippen LogP contribution in [0.3, 0.4) is 0 Å². The summed E-state index contributed by atoms with van der Waals surface area (Å²) >= 11 is 0. The van der Waals surface area contributed by atoms with Gasteiger partial charge in [-0.05, 0) is 0 Å². The van der Waals surface area contributed by atoms with E-state index in [0.717, 1.165) is 6.33 Å². The molecule has 0 aliphatic heterocycles. The lowest BCUT2D eigenvalue weighted by Gasteiger charge is -2.03. The van der Waals surface area contributed by atoms with Gasteiger partial charge in [0.1, 0.15) is 6.33 Å². The maximum atomic E-state index is 10.9. The van der Waals surface area contributed by atoms with Crippen LogP contribution >= 0.6 is 0 Å². The van der Waals surface area contributed by atoms with Gasteiger partial charge in [-0.25, -0.2) is 9.97 Å². The summed E-state index contributed by atoms with van der Waals surface area (Å²) in [5.74, 6) is -0.290. The number of nitro groups is 2. The quantitative estimate of drug-likeness (QED) is 0.652. The molecule has 0 radical (unpaired) electrons. The first-order chi connectivity index (χ1) is 9.00. The van der Waals surface area contributed by atoms with Crippen LogP contribution in [-0.2, 0) is 0 Å². The second-order valence-electron chi connectivity index (χ2n) is 3.52. The van der Waals surface area contributed by atoms with Crippen molar-refractivity contribution in [3.05, 3.63) is 50.8 Å². The van der Waals surface area contributed by atoms with Gasteiger partial charge in [0.2, 0.25) is 5.82 Å². The van der Waals surface area contributed by atoms with Crippen molar-refractivity contribution in [2.24, 2.45) is 0 Å². The Morgan fingerprint density at radius 3 is 2.47 bits per heavy atom. The van der Waals surface area contributed by atoms with Gasteiger partial charge in [-0.1, -0.05) is 12.1 Å². The highest BCUT2D eigenvalue weighted by Gasteiger charge is 2.23. The van der Waals surface area contributed by atoms with Gasteiger partial charge < -0.3 is 5.73 Å². The van der Waals surface area contributed by atoms with Crippen LogP contribution < -0.4 is 5.73 Å². The lowest BCUT2D eigenvalue weighted by molar-refractivity contribution is -0.385. The maximum Gasteiger partial charge on any atom is 0.337 e. The number of non-ortho nitro benzene ring substituents is 1. The Balaban J connectivity index is 2.65. The SMILES string of the molecule is Nc1ncnc(-c2cccc([N+](=O)[O-])c2)c1[N+](=O)[O-]. The fraction of sp³-hybridized carbons (Fsp3) is 0. The van der Waals surface area contributed by atoms with Gasteiger partial charge >= 0.3 is 5.69 Å². The molecule has 0 atom stereocenters. The fourth-order valence-corrected chi connectivity index (χ4v) is 1.55. The largest absolute Gasteiger partial charge is 0.378 e. The first-order valence-electron chi connectivity index (χ1n) is 5.00. The van der Waals surface area contributed by atoms with Gasteiger partial charge in [0.15, 0.2) is 5.69 Å². The summed E-state index contributed by atoms with van der Waals surface area (Å²) in [5, 5.41) is 21.6. The van der Waals surface area contributed by atoms with Crippen molar-refractivity contribution in [3.63, 3.8) is 0 Å². The first-order valence-corrected chi connectivity index (χ1v) is 5.00. The monoisotopic (exact) mass is 261 g/mol. The van der Waals surface area contributed by atoms with Crippen LogP contribution in [-0.4, -0.2) is 19.8 Å². The average molecular weight is 261 g/mol. The minimum atomic E-state index is -0.719. The van der Waals surface area contributed by atoms with Crippen LogP contribution in [0.5, 0.6) is 0 Å². The fourth-order valence-electron chi connectivity index (χ4n) is 1.55. The molecule has 1 aromatic heterocycles. The third kappa shape index (κ3) is 2.29. The third-order valence-electron chi connectivity index (χ3n) is 2.36. The molecule has 0 fully saturated rings. The molecule has 0 bridgehead atoms. The Morgan fingerprint density at radius 1 is 1.11 bits per heavy atom. The van der Waals surface area contributed by atoms with Gasteiger partial charge in [0.25, 0.3) is 5.69 Å². The predicted molar refractivity (Wildman–Crippen MR) is 65.2 cm³/mol. The molecule has 0 aliphatic carbocycles. The molecule has 0 spiro atoms. The summed E-state index contributed by atoms with van der Waals surface area (Å²) in [6.07, 6.45) is 1.07. The van der Waals surface area contributed by atoms with E-state index in [-0.39, 0.29) is 22.8 Å². The van der Waals surface area contributed by atoms with Crippen molar-refractivity contribution in [2.75, 3.05) is 5.73 Å². The summed E-state index contributed by atoms with van der Waals surface area (Å²) in [6.45, 7) is 0. The third-order valence-corrected chi connectivity index (χ3v) is 2.36. The number of nitrogen functional groups attached to an aromatic ring is 1. The number of rotatable bonds is 3. The molecule has 0 saturated heterocycles. The molecule has 2 aromatic rings. The molecule has 96 valence electrons.